The first-order chi connectivity index (χ1) is 14.2. The molecular formula is C21H24N2O5S2. The Morgan fingerprint density at radius 2 is 2.03 bits per heavy atom. The van der Waals surface area contributed by atoms with Gasteiger partial charge in [-0.1, -0.05) is 6.07 Å². The third kappa shape index (κ3) is 4.96. The number of sulfone groups is 1. The van der Waals surface area contributed by atoms with E-state index in [1.807, 2.05) is 13.0 Å². The van der Waals surface area contributed by atoms with Crippen LogP contribution in [0, 0.1) is 6.92 Å². The third-order valence-electron chi connectivity index (χ3n) is 4.77. The molecule has 30 heavy (non-hydrogen) atoms. The molecule has 1 atom stereocenters. The molecule has 0 aliphatic carbocycles. The third-order valence-corrected chi connectivity index (χ3v) is 7.98. The van der Waals surface area contributed by atoms with Gasteiger partial charge in [-0.25, -0.2) is 8.42 Å². The van der Waals surface area contributed by atoms with Crippen LogP contribution in [0.1, 0.15) is 25.3 Å². The summed E-state index contributed by atoms with van der Waals surface area (Å²) in [4.78, 5) is 25.2. The molecule has 0 aromatic heterocycles. The summed E-state index contributed by atoms with van der Waals surface area (Å²) in [7, 11) is -2.26. The number of amides is 2. The average molecular weight is 449 g/mol. The van der Waals surface area contributed by atoms with Gasteiger partial charge in [0, 0.05) is 23.5 Å². The average Bonchev–Trinajstić information content (AvgIpc) is 2.87. The number of aryl methyl sites for hydroxylation is 1. The van der Waals surface area contributed by atoms with Crippen molar-refractivity contribution in [2.75, 3.05) is 23.5 Å². The summed E-state index contributed by atoms with van der Waals surface area (Å²) < 4.78 is 31.3. The highest BCUT2D eigenvalue weighted by atomic mass is 32.2. The van der Waals surface area contributed by atoms with E-state index in [1.54, 1.807) is 18.2 Å². The molecule has 1 aliphatic heterocycles. The first-order valence-electron chi connectivity index (χ1n) is 9.46. The van der Waals surface area contributed by atoms with Gasteiger partial charge in [0.25, 0.3) is 0 Å². The SMILES string of the molecule is COc1ccc(C)cc1NC(=O)C[C@H](C)S(=O)(=O)c1ccc2c(c1)NC(=O)CCS2. The largest absolute Gasteiger partial charge is 0.495 e. The summed E-state index contributed by atoms with van der Waals surface area (Å²) in [5.74, 6) is 0.580. The van der Waals surface area contributed by atoms with Crippen molar-refractivity contribution in [1.82, 2.24) is 0 Å². The van der Waals surface area contributed by atoms with Crippen LogP contribution in [0.25, 0.3) is 0 Å². The number of nitrogens with one attached hydrogen (secondary N) is 2. The molecule has 0 fully saturated rings. The van der Waals surface area contributed by atoms with Crippen LogP contribution in [0.15, 0.2) is 46.2 Å². The first-order valence-corrected chi connectivity index (χ1v) is 12.0. The van der Waals surface area contributed by atoms with Crippen molar-refractivity contribution in [2.24, 2.45) is 0 Å². The Kier molecular flexibility index (Phi) is 6.72. The summed E-state index contributed by atoms with van der Waals surface area (Å²) in [6.45, 7) is 3.39. The van der Waals surface area contributed by atoms with Gasteiger partial charge in [-0.2, -0.15) is 0 Å². The van der Waals surface area contributed by atoms with E-state index in [4.69, 9.17) is 4.74 Å². The molecule has 3 rings (SSSR count). The Morgan fingerprint density at radius 3 is 2.77 bits per heavy atom. The minimum Gasteiger partial charge on any atom is -0.495 e. The summed E-state index contributed by atoms with van der Waals surface area (Å²) in [6.07, 6.45) is 0.165. The monoisotopic (exact) mass is 448 g/mol. The summed E-state index contributed by atoms with van der Waals surface area (Å²) >= 11 is 1.50. The standard InChI is InChI=1S/C21H24N2O5S2/c1-13-4-6-18(28-3)16(10-13)22-21(25)11-14(2)30(26,27)15-5-7-19-17(12-15)23-20(24)8-9-29-19/h4-7,10,12,14H,8-9,11H2,1-3H3,(H,22,25)(H,23,24)/t14-/m0/s1. The fourth-order valence-corrected chi connectivity index (χ4v) is 5.41. The molecule has 1 aliphatic rings. The number of carbonyl (C=O) groups is 2. The molecule has 0 saturated heterocycles. The molecule has 7 nitrogen and oxygen atoms in total. The minimum atomic E-state index is -3.77. The van der Waals surface area contributed by atoms with Crippen LogP contribution in [-0.2, 0) is 19.4 Å². The van der Waals surface area contributed by atoms with Crippen LogP contribution in [0.4, 0.5) is 11.4 Å². The van der Waals surface area contributed by atoms with Gasteiger partial charge in [0.2, 0.25) is 11.8 Å². The van der Waals surface area contributed by atoms with Crippen molar-refractivity contribution in [1.29, 1.82) is 0 Å². The quantitative estimate of drug-likeness (QED) is 0.700. The molecule has 0 radical (unpaired) electrons. The van der Waals surface area contributed by atoms with E-state index in [9.17, 15) is 18.0 Å². The number of anilines is 2. The fourth-order valence-electron chi connectivity index (χ4n) is 3.10. The predicted octanol–water partition coefficient (Wildman–Crippen LogP) is 3.63. The lowest BCUT2D eigenvalue weighted by Gasteiger charge is -2.16. The van der Waals surface area contributed by atoms with Gasteiger partial charge < -0.3 is 15.4 Å². The molecule has 2 amide bonds. The van der Waals surface area contributed by atoms with Gasteiger partial charge in [-0.3, -0.25) is 9.59 Å². The number of methoxy groups -OCH3 is 1. The van der Waals surface area contributed by atoms with E-state index in [1.165, 1.54) is 37.9 Å². The van der Waals surface area contributed by atoms with Gasteiger partial charge >= 0.3 is 0 Å². The highest BCUT2D eigenvalue weighted by molar-refractivity contribution is 7.99. The fraction of sp³-hybridized carbons (Fsp3) is 0.333. The van der Waals surface area contributed by atoms with Crippen molar-refractivity contribution in [3.05, 3.63) is 42.0 Å². The number of benzene rings is 2. The second kappa shape index (κ2) is 9.09. The van der Waals surface area contributed by atoms with E-state index in [0.717, 1.165) is 10.5 Å². The zero-order valence-electron chi connectivity index (χ0n) is 17.0. The summed E-state index contributed by atoms with van der Waals surface area (Å²) in [6, 6.07) is 10.1. The number of hydrogen-bond donors (Lipinski definition) is 2. The van der Waals surface area contributed by atoms with E-state index in [2.05, 4.69) is 10.6 Å². The number of carbonyl (C=O) groups excluding carboxylic acids is 2. The maximum atomic E-state index is 13.0. The van der Waals surface area contributed by atoms with Crippen LogP contribution >= 0.6 is 11.8 Å². The highest BCUT2D eigenvalue weighted by Crippen LogP contribution is 2.34. The Hall–Kier alpha value is -2.52. The van der Waals surface area contributed by atoms with E-state index < -0.39 is 21.0 Å². The molecule has 160 valence electrons. The zero-order valence-corrected chi connectivity index (χ0v) is 18.7. The molecule has 0 spiro atoms. The lowest BCUT2D eigenvalue weighted by atomic mass is 10.2. The normalized spacial score (nSPS) is 14.8. The topological polar surface area (TPSA) is 102 Å². The number of ether oxygens (including phenoxy) is 1. The maximum absolute atomic E-state index is 13.0. The Labute approximate surface area is 180 Å². The number of hydrogen-bond acceptors (Lipinski definition) is 6. The van der Waals surface area contributed by atoms with Gasteiger partial charge in [0.1, 0.15) is 5.75 Å². The van der Waals surface area contributed by atoms with Crippen LogP contribution in [0.5, 0.6) is 5.75 Å². The van der Waals surface area contributed by atoms with Crippen molar-refractivity contribution < 1.29 is 22.7 Å². The van der Waals surface area contributed by atoms with Crippen molar-refractivity contribution in [2.45, 2.75) is 41.7 Å². The van der Waals surface area contributed by atoms with Crippen LogP contribution in [0.2, 0.25) is 0 Å². The molecule has 9 heteroatoms. The Balaban J connectivity index is 1.76. The Morgan fingerprint density at radius 1 is 1.27 bits per heavy atom. The van der Waals surface area contributed by atoms with E-state index >= 15 is 0 Å². The second-order valence-electron chi connectivity index (χ2n) is 7.12. The lowest BCUT2D eigenvalue weighted by molar-refractivity contribution is -0.116. The van der Waals surface area contributed by atoms with Crippen molar-refractivity contribution >= 4 is 44.8 Å². The molecule has 1 heterocycles. The smallest absolute Gasteiger partial charge is 0.225 e. The second-order valence-corrected chi connectivity index (χ2v) is 10.6. The predicted molar refractivity (Wildman–Crippen MR) is 118 cm³/mol. The summed E-state index contributed by atoms with van der Waals surface area (Å²) in [5, 5.41) is 4.54. The van der Waals surface area contributed by atoms with Crippen LogP contribution in [-0.4, -0.2) is 38.3 Å². The minimum absolute atomic E-state index is 0.0810. The molecule has 2 N–H and O–H groups in total. The highest BCUT2D eigenvalue weighted by Gasteiger charge is 2.27. The number of thioether (sulfide) groups is 1. The molecule has 0 saturated carbocycles. The first kappa shape index (κ1) is 22.2. The van der Waals surface area contributed by atoms with Crippen LogP contribution in [0.3, 0.4) is 0 Å². The molecular weight excluding hydrogens is 424 g/mol. The number of fused-ring (bicyclic) bond motifs is 1. The van der Waals surface area contributed by atoms with Gasteiger partial charge in [-0.05, 0) is 49.7 Å². The molecule has 2 aromatic carbocycles. The van der Waals surface area contributed by atoms with E-state index in [0.29, 0.717) is 29.3 Å². The van der Waals surface area contributed by atoms with Gasteiger partial charge in [0.05, 0.1) is 28.6 Å². The Bertz CT molecular complexity index is 1080. The maximum Gasteiger partial charge on any atom is 0.225 e. The summed E-state index contributed by atoms with van der Waals surface area (Å²) in [5.41, 5.74) is 1.93. The molecule has 0 bridgehead atoms. The molecule has 2 aromatic rings. The van der Waals surface area contributed by atoms with Crippen molar-refractivity contribution in [3.8, 4) is 5.75 Å². The van der Waals surface area contributed by atoms with Gasteiger partial charge in [-0.15, -0.1) is 11.8 Å². The van der Waals surface area contributed by atoms with Crippen molar-refractivity contribution in [3.63, 3.8) is 0 Å². The lowest BCUT2D eigenvalue weighted by Crippen LogP contribution is -2.25. The van der Waals surface area contributed by atoms with E-state index in [-0.39, 0.29) is 17.2 Å². The number of rotatable bonds is 6. The zero-order chi connectivity index (χ0) is 21.9. The van der Waals surface area contributed by atoms with Gasteiger partial charge in [0.15, 0.2) is 9.84 Å². The molecule has 0 unspecified atom stereocenters. The van der Waals surface area contributed by atoms with Crippen LogP contribution < -0.4 is 15.4 Å².